The molecule has 3 unspecified atom stereocenters. The number of ether oxygens (including phenoxy) is 2. The Kier molecular flexibility index (Phi) is 11.8. The highest BCUT2D eigenvalue weighted by Gasteiger charge is 2.46. The van der Waals surface area contributed by atoms with Gasteiger partial charge in [-0.15, -0.1) is 0 Å². The summed E-state index contributed by atoms with van der Waals surface area (Å²) in [5.41, 5.74) is 0.854. The van der Waals surface area contributed by atoms with Crippen LogP contribution >= 0.6 is 0 Å². The number of hydrogen-bond donors (Lipinski definition) is 1. The fraction of sp³-hybridized carbons (Fsp3) is 0.739. The van der Waals surface area contributed by atoms with Crippen LogP contribution in [0.15, 0.2) is 30.3 Å². The van der Waals surface area contributed by atoms with Crippen LogP contribution in [0.25, 0.3) is 0 Å². The Bertz CT molecular complexity index is 448. The first-order valence-corrected chi connectivity index (χ1v) is 10.6. The maximum atomic E-state index is 11.2. The van der Waals surface area contributed by atoms with Crippen molar-refractivity contribution in [1.29, 1.82) is 0 Å². The Morgan fingerprint density at radius 1 is 0.923 bits per heavy atom. The van der Waals surface area contributed by atoms with Crippen molar-refractivity contribution in [2.45, 2.75) is 90.4 Å². The Labute approximate surface area is 161 Å². The van der Waals surface area contributed by atoms with Gasteiger partial charge in [-0.25, -0.2) is 0 Å². The summed E-state index contributed by atoms with van der Waals surface area (Å²) in [6.45, 7) is 7.09. The van der Waals surface area contributed by atoms with Gasteiger partial charge in [-0.2, -0.15) is 0 Å². The summed E-state index contributed by atoms with van der Waals surface area (Å²) in [5, 5.41) is 11.2. The largest absolute Gasteiger partial charge is 0.383 e. The molecule has 0 radical (unpaired) electrons. The van der Waals surface area contributed by atoms with E-state index in [9.17, 15) is 5.11 Å². The Balaban J connectivity index is 2.86. The van der Waals surface area contributed by atoms with Gasteiger partial charge < -0.3 is 14.6 Å². The first-order valence-electron chi connectivity index (χ1n) is 10.6. The molecule has 3 nitrogen and oxygen atoms in total. The summed E-state index contributed by atoms with van der Waals surface area (Å²) in [4.78, 5) is 0. The van der Waals surface area contributed by atoms with E-state index in [1.807, 2.05) is 30.3 Å². The first-order chi connectivity index (χ1) is 12.7. The Morgan fingerprint density at radius 2 is 1.58 bits per heavy atom. The normalized spacial score (nSPS) is 16.2. The SMILES string of the molecule is CCCCCCCCC(CC)C(OC)(OCCC)C(O)c1ccccc1. The van der Waals surface area contributed by atoms with Crippen molar-refractivity contribution >= 4 is 0 Å². The summed E-state index contributed by atoms with van der Waals surface area (Å²) in [6, 6.07) is 9.77. The molecule has 0 spiro atoms. The molecular formula is C23H40O3. The average Bonchev–Trinajstić information content (AvgIpc) is 2.69. The van der Waals surface area contributed by atoms with E-state index >= 15 is 0 Å². The monoisotopic (exact) mass is 364 g/mol. The van der Waals surface area contributed by atoms with Crippen molar-refractivity contribution in [2.24, 2.45) is 5.92 Å². The molecule has 0 aliphatic rings. The highest BCUT2D eigenvalue weighted by Crippen LogP contribution is 2.41. The van der Waals surface area contributed by atoms with Gasteiger partial charge in [-0.1, -0.05) is 89.6 Å². The second-order valence-corrected chi connectivity index (χ2v) is 7.25. The van der Waals surface area contributed by atoms with E-state index in [1.165, 1.54) is 32.1 Å². The number of unbranched alkanes of at least 4 members (excludes halogenated alkanes) is 5. The van der Waals surface area contributed by atoms with E-state index in [4.69, 9.17) is 9.47 Å². The summed E-state index contributed by atoms with van der Waals surface area (Å²) >= 11 is 0. The lowest BCUT2D eigenvalue weighted by Gasteiger charge is -2.42. The molecule has 0 amide bonds. The molecule has 150 valence electrons. The zero-order valence-corrected chi connectivity index (χ0v) is 17.4. The van der Waals surface area contributed by atoms with Gasteiger partial charge in [-0.3, -0.25) is 0 Å². The zero-order valence-electron chi connectivity index (χ0n) is 17.4. The van der Waals surface area contributed by atoms with Crippen LogP contribution in [0.4, 0.5) is 0 Å². The molecular weight excluding hydrogens is 324 g/mol. The van der Waals surface area contributed by atoms with Gasteiger partial charge in [0.05, 0.1) is 0 Å². The third-order valence-corrected chi connectivity index (χ3v) is 5.32. The summed E-state index contributed by atoms with van der Waals surface area (Å²) in [7, 11) is 1.67. The molecule has 0 saturated carbocycles. The van der Waals surface area contributed by atoms with Gasteiger partial charge in [-0.05, 0) is 24.8 Å². The molecule has 1 aromatic carbocycles. The topological polar surface area (TPSA) is 38.7 Å². The lowest BCUT2D eigenvalue weighted by Crippen LogP contribution is -2.48. The van der Waals surface area contributed by atoms with E-state index in [0.29, 0.717) is 6.61 Å². The molecule has 1 rings (SSSR count). The van der Waals surface area contributed by atoms with Crippen LogP contribution in [0.3, 0.4) is 0 Å². The minimum atomic E-state index is -0.977. The summed E-state index contributed by atoms with van der Waals surface area (Å²) in [6.07, 6.45) is 9.67. The second-order valence-electron chi connectivity index (χ2n) is 7.25. The van der Waals surface area contributed by atoms with Gasteiger partial charge >= 0.3 is 0 Å². The van der Waals surface area contributed by atoms with Crippen LogP contribution in [-0.2, 0) is 9.47 Å². The maximum absolute atomic E-state index is 11.2. The van der Waals surface area contributed by atoms with Crippen molar-refractivity contribution < 1.29 is 14.6 Å². The highest BCUT2D eigenvalue weighted by atomic mass is 16.7. The molecule has 0 aliphatic heterocycles. The molecule has 3 atom stereocenters. The van der Waals surface area contributed by atoms with Crippen LogP contribution in [0.5, 0.6) is 0 Å². The fourth-order valence-electron chi connectivity index (χ4n) is 3.75. The van der Waals surface area contributed by atoms with Crippen molar-refractivity contribution in [1.82, 2.24) is 0 Å². The Morgan fingerprint density at radius 3 is 2.15 bits per heavy atom. The zero-order chi connectivity index (χ0) is 19.3. The molecule has 0 bridgehead atoms. The van der Waals surface area contributed by atoms with E-state index < -0.39 is 11.9 Å². The van der Waals surface area contributed by atoms with Crippen LogP contribution < -0.4 is 0 Å². The third-order valence-electron chi connectivity index (χ3n) is 5.32. The van der Waals surface area contributed by atoms with Crippen LogP contribution in [0.2, 0.25) is 0 Å². The first kappa shape index (κ1) is 23.1. The number of aliphatic hydroxyl groups is 1. The molecule has 0 saturated heterocycles. The van der Waals surface area contributed by atoms with Crippen LogP contribution in [0, 0.1) is 5.92 Å². The number of benzene rings is 1. The van der Waals surface area contributed by atoms with E-state index in [2.05, 4.69) is 20.8 Å². The second kappa shape index (κ2) is 13.3. The minimum absolute atomic E-state index is 0.167. The van der Waals surface area contributed by atoms with Gasteiger partial charge in [0.15, 0.2) is 0 Å². The summed E-state index contributed by atoms with van der Waals surface area (Å²) < 4.78 is 12.2. The van der Waals surface area contributed by atoms with E-state index in [1.54, 1.807) is 7.11 Å². The van der Waals surface area contributed by atoms with Gasteiger partial charge in [0.25, 0.3) is 0 Å². The van der Waals surface area contributed by atoms with Gasteiger partial charge in [0.2, 0.25) is 5.79 Å². The van der Waals surface area contributed by atoms with Crippen molar-refractivity contribution in [3.8, 4) is 0 Å². The molecule has 3 heteroatoms. The lowest BCUT2D eigenvalue weighted by molar-refractivity contribution is -0.304. The van der Waals surface area contributed by atoms with Crippen LogP contribution in [-0.4, -0.2) is 24.6 Å². The smallest absolute Gasteiger partial charge is 0.201 e. The molecule has 26 heavy (non-hydrogen) atoms. The lowest BCUT2D eigenvalue weighted by atomic mass is 9.83. The quantitative estimate of drug-likeness (QED) is 0.294. The Hall–Kier alpha value is -0.900. The van der Waals surface area contributed by atoms with Crippen molar-refractivity contribution in [3.63, 3.8) is 0 Å². The number of aliphatic hydroxyl groups excluding tert-OH is 1. The fourth-order valence-corrected chi connectivity index (χ4v) is 3.75. The van der Waals surface area contributed by atoms with Crippen LogP contribution in [0.1, 0.15) is 90.2 Å². The molecule has 0 heterocycles. The van der Waals surface area contributed by atoms with Crippen molar-refractivity contribution in [3.05, 3.63) is 35.9 Å². The molecule has 1 N–H and O–H groups in total. The van der Waals surface area contributed by atoms with Gasteiger partial charge in [0, 0.05) is 19.6 Å². The molecule has 1 aromatic rings. The number of rotatable bonds is 15. The number of hydrogen-bond acceptors (Lipinski definition) is 3. The average molecular weight is 365 g/mol. The van der Waals surface area contributed by atoms with E-state index in [0.717, 1.165) is 31.2 Å². The summed E-state index contributed by atoms with van der Waals surface area (Å²) in [5.74, 6) is -0.810. The molecule has 0 fully saturated rings. The molecule has 0 aromatic heterocycles. The van der Waals surface area contributed by atoms with E-state index in [-0.39, 0.29) is 5.92 Å². The predicted octanol–water partition coefficient (Wildman–Crippen LogP) is 6.27. The predicted molar refractivity (Wildman–Crippen MR) is 109 cm³/mol. The van der Waals surface area contributed by atoms with Crippen molar-refractivity contribution in [2.75, 3.05) is 13.7 Å². The highest BCUT2D eigenvalue weighted by molar-refractivity contribution is 5.20. The number of methoxy groups -OCH3 is 1. The van der Waals surface area contributed by atoms with Gasteiger partial charge in [0.1, 0.15) is 6.10 Å². The maximum Gasteiger partial charge on any atom is 0.201 e. The molecule has 0 aliphatic carbocycles. The third kappa shape index (κ3) is 6.68. The standard InChI is InChI=1S/C23H40O3/c1-5-8-9-10-11-15-18-21(7-3)23(25-4,26-19-6-2)22(24)20-16-13-12-14-17-20/h12-14,16-17,21-22,24H,5-11,15,18-19H2,1-4H3. The minimum Gasteiger partial charge on any atom is -0.383 e.